The summed E-state index contributed by atoms with van der Waals surface area (Å²) >= 11 is 0. The SMILES string of the molecule is CCc1cc2c(cc1N1CCC(N3CCN(CCCCCC(=O)NCCCCCCNc4cccc5c(=C=O)n(C6CCC(=C=O)NC6=C=O)c(=C=O)c45)CC3)CC1)C(C)(C)c1[nH]c3cc(C#N)ccc3c1C2=C=O. The average molecular weight is 1010 g/mol. The van der Waals surface area contributed by atoms with Crippen LogP contribution in [0, 0.1) is 11.3 Å². The van der Waals surface area contributed by atoms with E-state index in [1.165, 1.54) is 15.8 Å². The zero-order chi connectivity index (χ0) is 52.6. The number of aryl methyl sites for hydroxylation is 1. The van der Waals surface area contributed by atoms with Crippen LogP contribution in [0.1, 0.15) is 137 Å². The number of unbranched alkanes of at least 4 members (excludes halogenated alkanes) is 5. The maximum Gasteiger partial charge on any atom is 0.219 e. The number of hydrogen-bond acceptors (Lipinski definition) is 12. The monoisotopic (exact) mass is 1010 g/mol. The van der Waals surface area contributed by atoms with Gasteiger partial charge in [-0.15, -0.1) is 0 Å². The number of anilines is 2. The number of piperidine rings is 2. The highest BCUT2D eigenvalue weighted by Gasteiger charge is 2.40. The number of hydrogen-bond donors (Lipinski definition) is 4. The number of amides is 1. The van der Waals surface area contributed by atoms with Gasteiger partial charge in [0.25, 0.3) is 0 Å². The molecular weight excluding hydrogens is 943 g/mol. The molecule has 3 saturated heterocycles. The molecule has 0 saturated carbocycles. The fraction of sp³-hybridized carbons (Fsp3) is 0.467. The topological polar surface area (TPSA) is 193 Å². The van der Waals surface area contributed by atoms with Crippen molar-refractivity contribution in [1.82, 2.24) is 30.0 Å². The first kappa shape index (κ1) is 52.4. The Morgan fingerprint density at radius 1 is 0.787 bits per heavy atom. The van der Waals surface area contributed by atoms with Crippen molar-refractivity contribution in [3.8, 4) is 6.07 Å². The minimum Gasteiger partial charge on any atom is -0.384 e. The molecule has 75 heavy (non-hydrogen) atoms. The summed E-state index contributed by atoms with van der Waals surface area (Å²) < 4.78 is 1.47. The van der Waals surface area contributed by atoms with Gasteiger partial charge in [-0.3, -0.25) is 9.69 Å². The second-order valence-corrected chi connectivity index (χ2v) is 21.1. The Labute approximate surface area is 437 Å². The van der Waals surface area contributed by atoms with E-state index in [9.17, 15) is 34.0 Å². The normalized spacial score (nSPS) is 17.8. The molecule has 5 heterocycles. The zero-order valence-electron chi connectivity index (χ0n) is 43.5. The Morgan fingerprint density at radius 2 is 1.55 bits per heavy atom. The average Bonchev–Trinajstić information content (AvgIpc) is 4.02. The first-order chi connectivity index (χ1) is 36.6. The minimum absolute atomic E-state index is 0.0418. The van der Waals surface area contributed by atoms with Gasteiger partial charge in [-0.1, -0.05) is 58.2 Å². The molecule has 0 bridgehead atoms. The van der Waals surface area contributed by atoms with Gasteiger partial charge in [-0.2, -0.15) is 5.26 Å². The molecule has 1 amide bonds. The highest BCUT2D eigenvalue weighted by molar-refractivity contribution is 6.10. The lowest BCUT2D eigenvalue weighted by molar-refractivity contribution is -0.121. The number of carbonyl (C=O) groups excluding carboxylic acids is 6. The summed E-state index contributed by atoms with van der Waals surface area (Å²) in [5.41, 5.74) is 9.10. The number of nitriles is 1. The van der Waals surface area contributed by atoms with Crippen molar-refractivity contribution in [3.05, 3.63) is 104 Å². The number of rotatable bonds is 18. The number of aromatic nitrogens is 2. The quantitative estimate of drug-likeness (QED) is 0.0615. The van der Waals surface area contributed by atoms with Gasteiger partial charge in [0, 0.05) is 121 Å². The molecule has 4 N–H and O–H groups in total. The Morgan fingerprint density at radius 3 is 2.25 bits per heavy atom. The standard InChI is InChI=1S/C60H67N9O6/c1-4-41-32-46-47(36-71)57-44-18-16-40(34-61)31-50(44)65-59(57)60(2,3)48(46)33-53(41)68-25-20-43(21-26-68)67-29-27-66(28-30-67)24-11-7-8-15-56(75)63-23-10-6-5-9-22-62-49-14-12-13-45-54(38-73)69(55(39-74)58(45)49)52-19-17-42(35-70)64-51(52)37-72/h12-14,16,18,31-33,43,52,62,64-65H,4-11,15,17,19-30H2,1-3H3,(H,63,75). The van der Waals surface area contributed by atoms with E-state index in [0.717, 1.165) is 143 Å². The molecule has 3 aliphatic heterocycles. The third-order valence-electron chi connectivity index (χ3n) is 16.4. The van der Waals surface area contributed by atoms with E-state index in [1.807, 2.05) is 42.1 Å². The van der Waals surface area contributed by atoms with Crippen LogP contribution in [0.4, 0.5) is 11.4 Å². The summed E-state index contributed by atoms with van der Waals surface area (Å²) in [7, 11) is 0. The van der Waals surface area contributed by atoms with Crippen LogP contribution in [0.5, 0.6) is 0 Å². The number of nitrogens with zero attached hydrogens (tertiary/aromatic N) is 5. The molecule has 9 rings (SSSR count). The number of carbonyl (C=O) groups is 1. The van der Waals surface area contributed by atoms with Crippen LogP contribution < -0.4 is 31.5 Å². The Kier molecular flexibility index (Phi) is 16.3. The van der Waals surface area contributed by atoms with Crippen LogP contribution in [-0.4, -0.2) is 120 Å². The molecule has 15 heteroatoms. The summed E-state index contributed by atoms with van der Waals surface area (Å²) in [4.78, 5) is 84.5. The fourth-order valence-electron chi connectivity index (χ4n) is 12.3. The smallest absolute Gasteiger partial charge is 0.219 e. The number of allylic oxidation sites excluding steroid dienone is 2. The molecule has 4 aliphatic rings. The van der Waals surface area contributed by atoms with Gasteiger partial charge < -0.3 is 35.3 Å². The van der Waals surface area contributed by atoms with Crippen molar-refractivity contribution in [1.29, 1.82) is 5.26 Å². The molecule has 15 nitrogen and oxygen atoms in total. The predicted molar refractivity (Wildman–Crippen MR) is 291 cm³/mol. The molecule has 0 spiro atoms. The molecule has 388 valence electrons. The summed E-state index contributed by atoms with van der Waals surface area (Å²) in [5, 5.41) is 21.0. The van der Waals surface area contributed by atoms with Crippen molar-refractivity contribution in [2.75, 3.05) is 69.1 Å². The van der Waals surface area contributed by atoms with Crippen LogP contribution in [0.2, 0.25) is 0 Å². The number of H-pyrrole nitrogens is 1. The van der Waals surface area contributed by atoms with E-state index in [-0.39, 0.29) is 39.8 Å². The highest BCUT2D eigenvalue weighted by atomic mass is 16.1. The first-order valence-electron chi connectivity index (χ1n) is 27.0. The van der Waals surface area contributed by atoms with Gasteiger partial charge in [0.1, 0.15) is 39.9 Å². The van der Waals surface area contributed by atoms with Gasteiger partial charge in [0.2, 0.25) is 5.91 Å². The van der Waals surface area contributed by atoms with Crippen LogP contribution in [-0.2, 0) is 40.6 Å². The summed E-state index contributed by atoms with van der Waals surface area (Å²) in [5.74, 6) is 9.98. The Hall–Kier alpha value is -7.47. The number of piperazine rings is 1. The van der Waals surface area contributed by atoms with Crippen LogP contribution in [0.25, 0.3) is 27.2 Å². The van der Waals surface area contributed by atoms with Crippen LogP contribution in [0.15, 0.2) is 59.9 Å². The first-order valence-corrected chi connectivity index (χ1v) is 27.0. The molecule has 0 radical (unpaired) electrons. The third-order valence-corrected chi connectivity index (χ3v) is 16.4. The third kappa shape index (κ3) is 10.6. The molecule has 3 aromatic carbocycles. The van der Waals surface area contributed by atoms with Gasteiger partial charge >= 0.3 is 0 Å². The van der Waals surface area contributed by atoms with Crippen molar-refractivity contribution in [2.24, 2.45) is 0 Å². The molecule has 3 fully saturated rings. The van der Waals surface area contributed by atoms with E-state index in [0.29, 0.717) is 59.6 Å². The molecule has 1 unspecified atom stereocenters. The van der Waals surface area contributed by atoms with E-state index in [4.69, 9.17) is 0 Å². The lowest BCUT2D eigenvalue weighted by Crippen LogP contribution is -2.53. The highest BCUT2D eigenvalue weighted by Crippen LogP contribution is 2.50. The molecule has 1 aliphatic carbocycles. The summed E-state index contributed by atoms with van der Waals surface area (Å²) in [6.07, 6.45) is 10.9. The van der Waals surface area contributed by atoms with E-state index < -0.39 is 6.04 Å². The molecule has 5 aromatic rings. The van der Waals surface area contributed by atoms with Crippen LogP contribution in [0.3, 0.4) is 0 Å². The maximum absolute atomic E-state index is 12.7. The van der Waals surface area contributed by atoms with E-state index in [1.54, 1.807) is 18.1 Å². The van der Waals surface area contributed by atoms with Crippen LogP contribution >= 0.6 is 0 Å². The molecule has 2 aromatic heterocycles. The number of benzene rings is 3. The zero-order valence-corrected chi connectivity index (χ0v) is 43.5. The maximum atomic E-state index is 12.7. The Bertz CT molecular complexity index is 3370. The number of aromatic amines is 1. The Balaban J connectivity index is 0.653. The van der Waals surface area contributed by atoms with Crippen molar-refractivity contribution >= 4 is 74.2 Å². The van der Waals surface area contributed by atoms with E-state index in [2.05, 4.69) is 80.5 Å². The predicted octanol–water partition coefficient (Wildman–Crippen LogP) is 5.76. The van der Waals surface area contributed by atoms with Gasteiger partial charge in [-0.05, 0) is 105 Å². The molecule has 1 atom stereocenters. The summed E-state index contributed by atoms with van der Waals surface area (Å²) in [6, 6.07) is 17.7. The largest absolute Gasteiger partial charge is 0.384 e. The fourth-order valence-corrected chi connectivity index (χ4v) is 12.3. The minimum atomic E-state index is -0.715. The van der Waals surface area contributed by atoms with Crippen molar-refractivity contribution in [2.45, 2.75) is 122 Å². The van der Waals surface area contributed by atoms with Crippen molar-refractivity contribution < 1.29 is 28.8 Å². The van der Waals surface area contributed by atoms with Gasteiger partial charge in [0.15, 0.2) is 11.9 Å². The lowest BCUT2D eigenvalue weighted by Gasteiger charge is -2.44. The second-order valence-electron chi connectivity index (χ2n) is 21.1. The summed E-state index contributed by atoms with van der Waals surface area (Å²) in [6.45, 7) is 15.3. The van der Waals surface area contributed by atoms with Gasteiger partial charge in [-0.25, -0.2) is 24.0 Å². The lowest BCUT2D eigenvalue weighted by atomic mass is 9.69. The van der Waals surface area contributed by atoms with Crippen molar-refractivity contribution in [3.63, 3.8) is 0 Å². The number of fused-ring (bicyclic) bond motifs is 5. The van der Waals surface area contributed by atoms with E-state index >= 15 is 0 Å². The molecular formula is C60H67N9O6. The second kappa shape index (κ2) is 23.4. The number of nitrogens with one attached hydrogen (secondary N) is 4. The van der Waals surface area contributed by atoms with Gasteiger partial charge in [0.05, 0.1) is 23.2 Å².